The maximum Gasteiger partial charge on any atom is 0.259 e. The fraction of sp³-hybridized carbons (Fsp3) is 0.517. The van der Waals surface area contributed by atoms with Crippen molar-refractivity contribution in [3.8, 4) is 5.82 Å². The fourth-order valence-electron chi connectivity index (χ4n) is 5.98. The van der Waals surface area contributed by atoms with Gasteiger partial charge in [0.1, 0.15) is 0 Å². The van der Waals surface area contributed by atoms with Crippen LogP contribution < -0.4 is 5.32 Å². The second-order valence-corrected chi connectivity index (χ2v) is 10.8. The number of aryl methyl sites for hydroxylation is 1. The van der Waals surface area contributed by atoms with Gasteiger partial charge < -0.3 is 10.1 Å². The van der Waals surface area contributed by atoms with Crippen molar-refractivity contribution in [3.05, 3.63) is 64.9 Å². The number of pyridine rings is 2. The molecule has 6 rings (SSSR count). The Morgan fingerprint density at radius 3 is 2.38 bits per heavy atom. The first-order valence-corrected chi connectivity index (χ1v) is 13.7. The third kappa shape index (κ3) is 5.18. The van der Waals surface area contributed by atoms with Crippen molar-refractivity contribution in [1.82, 2.24) is 24.6 Å². The molecule has 0 radical (unpaired) electrons. The highest BCUT2D eigenvalue weighted by molar-refractivity contribution is 6.04. The number of carbonyl (C=O) groups excluding carboxylic acids is 1. The van der Waals surface area contributed by atoms with Crippen LogP contribution in [0.15, 0.2) is 36.8 Å². The first-order chi connectivity index (χ1) is 18.1. The molecule has 1 amide bonds. The van der Waals surface area contributed by atoms with Gasteiger partial charge in [0.25, 0.3) is 5.91 Å². The van der Waals surface area contributed by atoms with E-state index in [9.17, 15) is 4.79 Å². The van der Waals surface area contributed by atoms with Crippen LogP contribution in [0, 0.1) is 13.8 Å². The van der Waals surface area contributed by atoms with Crippen molar-refractivity contribution < 1.29 is 9.53 Å². The Balaban J connectivity index is 1.09. The van der Waals surface area contributed by atoms with Crippen LogP contribution in [0.4, 0.5) is 5.69 Å². The average Bonchev–Trinajstić information content (AvgIpc) is 3.71. The molecule has 194 valence electrons. The molecule has 2 saturated carbocycles. The average molecular weight is 501 g/mol. The molecular formula is C29H36N6O2. The SMILES string of the molecule is Cc1cc(NC(=O)c2cnn(-c3ccc(C4CC4)cn3)c2C)cnc1C1CCC(N2CCOCC2)CC1. The number of amides is 1. The number of rotatable bonds is 6. The minimum absolute atomic E-state index is 0.182. The van der Waals surface area contributed by atoms with E-state index in [2.05, 4.69) is 33.3 Å². The number of anilines is 1. The Bertz CT molecular complexity index is 1250. The second kappa shape index (κ2) is 10.3. The van der Waals surface area contributed by atoms with Crippen LogP contribution in [0.5, 0.6) is 0 Å². The molecule has 8 heteroatoms. The smallest absolute Gasteiger partial charge is 0.259 e. The molecule has 3 aromatic heterocycles. The van der Waals surface area contributed by atoms with Gasteiger partial charge in [0.15, 0.2) is 5.82 Å². The summed E-state index contributed by atoms with van der Waals surface area (Å²) >= 11 is 0. The predicted octanol–water partition coefficient (Wildman–Crippen LogP) is 4.77. The van der Waals surface area contributed by atoms with E-state index in [4.69, 9.17) is 9.72 Å². The molecule has 2 aliphatic carbocycles. The van der Waals surface area contributed by atoms with Crippen molar-refractivity contribution in [1.29, 1.82) is 0 Å². The van der Waals surface area contributed by atoms with Crippen molar-refractivity contribution in [2.24, 2.45) is 0 Å². The summed E-state index contributed by atoms with van der Waals surface area (Å²) in [5, 5.41) is 7.46. The summed E-state index contributed by atoms with van der Waals surface area (Å²) in [7, 11) is 0. The zero-order valence-electron chi connectivity index (χ0n) is 21.8. The Morgan fingerprint density at radius 1 is 0.946 bits per heavy atom. The molecule has 3 fully saturated rings. The lowest BCUT2D eigenvalue weighted by molar-refractivity contribution is 0.00720. The summed E-state index contributed by atoms with van der Waals surface area (Å²) < 4.78 is 7.24. The third-order valence-corrected chi connectivity index (χ3v) is 8.31. The molecule has 1 aliphatic heterocycles. The normalized spacial score (nSPS) is 22.6. The van der Waals surface area contributed by atoms with Crippen LogP contribution in [0.3, 0.4) is 0 Å². The van der Waals surface area contributed by atoms with E-state index in [-0.39, 0.29) is 5.91 Å². The Hall–Kier alpha value is -3.10. The van der Waals surface area contributed by atoms with E-state index in [1.807, 2.05) is 25.3 Å². The summed E-state index contributed by atoms with van der Waals surface area (Å²) in [5.41, 5.74) is 5.61. The van der Waals surface area contributed by atoms with Gasteiger partial charge in [0, 0.05) is 36.9 Å². The minimum atomic E-state index is -0.182. The molecule has 3 aliphatic rings. The monoisotopic (exact) mass is 500 g/mol. The number of ether oxygens (including phenoxy) is 1. The molecule has 1 saturated heterocycles. The molecule has 0 bridgehead atoms. The lowest BCUT2D eigenvalue weighted by atomic mass is 9.82. The van der Waals surface area contributed by atoms with Gasteiger partial charge in [-0.25, -0.2) is 9.67 Å². The van der Waals surface area contributed by atoms with Gasteiger partial charge in [-0.3, -0.25) is 14.7 Å². The maximum atomic E-state index is 13.1. The van der Waals surface area contributed by atoms with E-state index >= 15 is 0 Å². The molecule has 3 aromatic rings. The van der Waals surface area contributed by atoms with Gasteiger partial charge in [-0.1, -0.05) is 6.07 Å². The van der Waals surface area contributed by atoms with Crippen LogP contribution in [-0.4, -0.2) is 62.9 Å². The van der Waals surface area contributed by atoms with Gasteiger partial charge in [-0.2, -0.15) is 5.10 Å². The highest BCUT2D eigenvalue weighted by Crippen LogP contribution is 2.39. The number of hydrogen-bond acceptors (Lipinski definition) is 6. The van der Waals surface area contributed by atoms with Crippen molar-refractivity contribution in [3.63, 3.8) is 0 Å². The lowest BCUT2D eigenvalue weighted by Crippen LogP contribution is -2.44. The molecular weight excluding hydrogens is 464 g/mol. The minimum Gasteiger partial charge on any atom is -0.379 e. The topological polar surface area (TPSA) is 85.2 Å². The van der Waals surface area contributed by atoms with E-state index in [1.54, 1.807) is 17.1 Å². The summed E-state index contributed by atoms with van der Waals surface area (Å²) in [6.45, 7) is 7.84. The summed E-state index contributed by atoms with van der Waals surface area (Å²) in [6, 6.07) is 6.82. The second-order valence-electron chi connectivity index (χ2n) is 10.8. The Morgan fingerprint density at radius 2 is 1.70 bits per heavy atom. The molecule has 0 aromatic carbocycles. The number of aromatic nitrogens is 4. The van der Waals surface area contributed by atoms with Crippen LogP contribution in [0.25, 0.3) is 5.82 Å². The van der Waals surface area contributed by atoms with Crippen LogP contribution >= 0.6 is 0 Å². The molecule has 1 N–H and O–H groups in total. The Kier molecular flexibility index (Phi) is 6.78. The molecule has 0 unspecified atom stereocenters. The summed E-state index contributed by atoms with van der Waals surface area (Å²) in [4.78, 5) is 25.1. The number of nitrogens with one attached hydrogen (secondary N) is 1. The van der Waals surface area contributed by atoms with Gasteiger partial charge in [0.2, 0.25) is 0 Å². The van der Waals surface area contributed by atoms with Crippen LogP contribution in [0.1, 0.15) is 83.2 Å². The number of carbonyl (C=O) groups is 1. The molecule has 8 nitrogen and oxygen atoms in total. The quantitative estimate of drug-likeness (QED) is 0.525. The van der Waals surface area contributed by atoms with E-state index in [0.717, 1.165) is 56.2 Å². The summed E-state index contributed by atoms with van der Waals surface area (Å²) in [5.74, 6) is 1.70. The van der Waals surface area contributed by atoms with Gasteiger partial charge >= 0.3 is 0 Å². The fourth-order valence-corrected chi connectivity index (χ4v) is 5.98. The van der Waals surface area contributed by atoms with Gasteiger partial charge in [0.05, 0.1) is 42.6 Å². The number of nitrogens with zero attached hydrogens (tertiary/aromatic N) is 5. The number of morpholine rings is 1. The maximum absolute atomic E-state index is 13.1. The molecule has 0 atom stereocenters. The lowest BCUT2D eigenvalue weighted by Gasteiger charge is -2.38. The van der Waals surface area contributed by atoms with E-state index < -0.39 is 0 Å². The van der Waals surface area contributed by atoms with E-state index in [0.29, 0.717) is 29.1 Å². The highest BCUT2D eigenvalue weighted by atomic mass is 16.5. The Labute approximate surface area is 218 Å². The van der Waals surface area contributed by atoms with Crippen LogP contribution in [-0.2, 0) is 4.74 Å². The first kappa shape index (κ1) is 24.2. The molecule has 0 spiro atoms. The molecule has 37 heavy (non-hydrogen) atoms. The summed E-state index contributed by atoms with van der Waals surface area (Å²) in [6.07, 6.45) is 12.6. The molecule has 4 heterocycles. The van der Waals surface area contributed by atoms with Gasteiger partial charge in [-0.05, 0) is 81.5 Å². The first-order valence-electron chi connectivity index (χ1n) is 13.7. The van der Waals surface area contributed by atoms with Crippen molar-refractivity contribution in [2.45, 2.75) is 70.3 Å². The van der Waals surface area contributed by atoms with E-state index in [1.165, 1.54) is 36.9 Å². The number of hydrogen-bond donors (Lipinski definition) is 1. The van der Waals surface area contributed by atoms with Crippen molar-refractivity contribution in [2.75, 3.05) is 31.6 Å². The van der Waals surface area contributed by atoms with Crippen LogP contribution in [0.2, 0.25) is 0 Å². The zero-order valence-corrected chi connectivity index (χ0v) is 21.8. The predicted molar refractivity (Wildman–Crippen MR) is 142 cm³/mol. The van der Waals surface area contributed by atoms with Gasteiger partial charge in [-0.15, -0.1) is 0 Å². The third-order valence-electron chi connectivity index (χ3n) is 8.31. The largest absolute Gasteiger partial charge is 0.379 e. The highest BCUT2D eigenvalue weighted by Gasteiger charge is 2.29. The van der Waals surface area contributed by atoms with Crippen molar-refractivity contribution >= 4 is 11.6 Å². The standard InChI is InChI=1S/C29H36N6O2/c1-19-15-24(17-31-28(19)22-5-8-25(9-6-22)34-11-13-37-14-12-34)33-29(36)26-18-32-35(20(26)2)27-10-7-23(16-30-27)21-3-4-21/h7,10,15-18,21-22,25H,3-6,8-9,11-14H2,1-2H3,(H,33,36). The zero-order chi connectivity index (χ0) is 25.4.